The second kappa shape index (κ2) is 5.40. The summed E-state index contributed by atoms with van der Waals surface area (Å²) in [6.07, 6.45) is 8.75. The van der Waals surface area contributed by atoms with Crippen molar-refractivity contribution >= 4 is 21.8 Å². The molecule has 4 heteroatoms. The van der Waals surface area contributed by atoms with E-state index in [1.54, 1.807) is 18.5 Å². The third kappa shape index (κ3) is 2.86. The normalized spacial score (nSPS) is 9.14. The van der Waals surface area contributed by atoms with Crippen LogP contribution in [-0.2, 0) is 0 Å². The Morgan fingerprint density at radius 1 is 1.71 bits per heavy atom. The summed E-state index contributed by atoms with van der Waals surface area (Å²) >= 11 is 3.24. The quantitative estimate of drug-likeness (QED) is 0.656. The van der Waals surface area contributed by atoms with Crippen LogP contribution in [0.15, 0.2) is 22.9 Å². The van der Waals surface area contributed by atoms with Crippen LogP contribution in [0.2, 0.25) is 0 Å². The highest BCUT2D eigenvalue weighted by atomic mass is 79.9. The van der Waals surface area contributed by atoms with Gasteiger partial charge in [0.15, 0.2) is 0 Å². The fourth-order valence-electron chi connectivity index (χ4n) is 0.903. The lowest BCUT2D eigenvalue weighted by Gasteiger charge is -2.03. The molecule has 1 aromatic heterocycles. The van der Waals surface area contributed by atoms with Crippen LogP contribution in [0.1, 0.15) is 16.8 Å². The lowest BCUT2D eigenvalue weighted by atomic mass is 10.2. The third-order valence-electron chi connectivity index (χ3n) is 1.57. The molecule has 0 radical (unpaired) electrons. The number of hydrogen-bond acceptors (Lipinski definition) is 2. The Kier molecular flexibility index (Phi) is 4.14. The Bertz CT molecular complexity index is 371. The van der Waals surface area contributed by atoms with Gasteiger partial charge in [0.25, 0.3) is 5.91 Å². The highest BCUT2D eigenvalue weighted by molar-refractivity contribution is 9.10. The van der Waals surface area contributed by atoms with E-state index < -0.39 is 0 Å². The minimum Gasteiger partial charge on any atom is -0.351 e. The van der Waals surface area contributed by atoms with E-state index >= 15 is 0 Å². The molecular formula is C10H9BrN2O. The zero-order chi connectivity index (χ0) is 10.4. The first-order valence-electron chi connectivity index (χ1n) is 4.07. The number of nitrogens with zero attached hydrogens (tertiary/aromatic N) is 1. The summed E-state index contributed by atoms with van der Waals surface area (Å²) in [4.78, 5) is 15.4. The van der Waals surface area contributed by atoms with Crippen LogP contribution in [0, 0.1) is 12.3 Å². The average Bonchev–Trinajstić information content (AvgIpc) is 2.18. The molecule has 0 spiro atoms. The van der Waals surface area contributed by atoms with Gasteiger partial charge in [-0.2, -0.15) is 0 Å². The maximum absolute atomic E-state index is 11.5. The molecule has 0 aromatic carbocycles. The van der Waals surface area contributed by atoms with Gasteiger partial charge in [-0.15, -0.1) is 12.3 Å². The molecule has 1 amide bonds. The number of aromatic nitrogens is 1. The highest BCUT2D eigenvalue weighted by Gasteiger charge is 2.07. The lowest BCUT2D eigenvalue weighted by Crippen LogP contribution is -2.24. The van der Waals surface area contributed by atoms with Crippen molar-refractivity contribution in [2.24, 2.45) is 0 Å². The minimum atomic E-state index is -0.144. The number of hydrogen-bond donors (Lipinski definition) is 1. The monoisotopic (exact) mass is 252 g/mol. The fourth-order valence-corrected chi connectivity index (χ4v) is 1.33. The molecule has 1 aromatic rings. The first-order valence-corrected chi connectivity index (χ1v) is 4.86. The van der Waals surface area contributed by atoms with Crippen molar-refractivity contribution in [2.45, 2.75) is 6.42 Å². The second-order valence-electron chi connectivity index (χ2n) is 2.57. The Hall–Kier alpha value is -1.34. The van der Waals surface area contributed by atoms with Gasteiger partial charge in [-0.1, -0.05) is 0 Å². The van der Waals surface area contributed by atoms with E-state index in [1.165, 1.54) is 0 Å². The number of carbonyl (C=O) groups is 1. The smallest absolute Gasteiger partial charge is 0.252 e. The van der Waals surface area contributed by atoms with E-state index in [-0.39, 0.29) is 5.91 Å². The summed E-state index contributed by atoms with van der Waals surface area (Å²) in [5.41, 5.74) is 0.567. The Balaban J connectivity index is 2.62. The lowest BCUT2D eigenvalue weighted by molar-refractivity contribution is 0.0953. The molecule has 0 fully saturated rings. The van der Waals surface area contributed by atoms with E-state index in [4.69, 9.17) is 6.42 Å². The van der Waals surface area contributed by atoms with Crippen molar-refractivity contribution in [3.8, 4) is 12.3 Å². The molecule has 72 valence electrons. The van der Waals surface area contributed by atoms with Gasteiger partial charge in [-0.05, 0) is 22.0 Å². The largest absolute Gasteiger partial charge is 0.351 e. The van der Waals surface area contributed by atoms with Gasteiger partial charge in [-0.3, -0.25) is 9.78 Å². The van der Waals surface area contributed by atoms with Gasteiger partial charge in [0, 0.05) is 29.8 Å². The number of amides is 1. The summed E-state index contributed by atoms with van der Waals surface area (Å²) in [6, 6.07) is 1.65. The molecule has 0 atom stereocenters. The summed E-state index contributed by atoms with van der Waals surface area (Å²) in [5, 5.41) is 2.70. The number of terminal acetylenes is 1. The van der Waals surface area contributed by atoms with Crippen molar-refractivity contribution in [3.05, 3.63) is 28.5 Å². The molecule has 0 bridgehead atoms. The molecule has 1 rings (SSSR count). The Morgan fingerprint density at radius 3 is 3.14 bits per heavy atom. The van der Waals surface area contributed by atoms with Crippen LogP contribution in [0.3, 0.4) is 0 Å². The second-order valence-corrected chi connectivity index (χ2v) is 3.42. The van der Waals surface area contributed by atoms with Gasteiger partial charge in [0.05, 0.1) is 5.56 Å². The highest BCUT2D eigenvalue weighted by Crippen LogP contribution is 2.13. The van der Waals surface area contributed by atoms with Crippen molar-refractivity contribution in [1.29, 1.82) is 0 Å². The topological polar surface area (TPSA) is 42.0 Å². The van der Waals surface area contributed by atoms with E-state index in [9.17, 15) is 4.79 Å². The van der Waals surface area contributed by atoms with Crippen LogP contribution in [-0.4, -0.2) is 17.4 Å². The fraction of sp³-hybridized carbons (Fsp3) is 0.200. The van der Waals surface area contributed by atoms with E-state index in [2.05, 4.69) is 32.2 Å². The molecule has 0 aliphatic carbocycles. The summed E-state index contributed by atoms with van der Waals surface area (Å²) in [7, 11) is 0. The van der Waals surface area contributed by atoms with Crippen molar-refractivity contribution in [2.75, 3.05) is 6.54 Å². The van der Waals surface area contributed by atoms with Crippen molar-refractivity contribution in [1.82, 2.24) is 10.3 Å². The molecule has 0 saturated heterocycles. The first-order chi connectivity index (χ1) is 6.75. The van der Waals surface area contributed by atoms with Gasteiger partial charge in [0.2, 0.25) is 0 Å². The van der Waals surface area contributed by atoms with Crippen LogP contribution < -0.4 is 5.32 Å². The van der Waals surface area contributed by atoms with E-state index in [0.717, 1.165) is 0 Å². The summed E-state index contributed by atoms with van der Waals surface area (Å²) < 4.78 is 0.679. The molecule has 14 heavy (non-hydrogen) atoms. The van der Waals surface area contributed by atoms with Gasteiger partial charge in [0.1, 0.15) is 0 Å². The molecule has 1 N–H and O–H groups in total. The zero-order valence-corrected chi connectivity index (χ0v) is 9.04. The molecule has 0 aliphatic heterocycles. The SMILES string of the molecule is C#CCCNC(=O)c1ccncc1Br. The first kappa shape index (κ1) is 10.7. The third-order valence-corrected chi connectivity index (χ3v) is 2.20. The Labute approximate surface area is 91.1 Å². The number of rotatable bonds is 3. The van der Waals surface area contributed by atoms with Crippen molar-refractivity contribution < 1.29 is 4.79 Å². The van der Waals surface area contributed by atoms with Crippen LogP contribution in [0.4, 0.5) is 0 Å². The van der Waals surface area contributed by atoms with Gasteiger partial charge >= 0.3 is 0 Å². The van der Waals surface area contributed by atoms with Gasteiger partial charge < -0.3 is 5.32 Å². The number of halogens is 1. The standard InChI is InChI=1S/C10H9BrN2O/c1-2-3-5-13-10(14)8-4-6-12-7-9(8)11/h1,4,6-7H,3,5H2,(H,13,14). The summed E-state index contributed by atoms with van der Waals surface area (Å²) in [6.45, 7) is 0.490. The van der Waals surface area contributed by atoms with Crippen LogP contribution in [0.25, 0.3) is 0 Å². The molecule has 0 aliphatic rings. The molecule has 0 unspecified atom stereocenters. The molecule has 0 saturated carbocycles. The maximum Gasteiger partial charge on any atom is 0.252 e. The number of nitrogens with one attached hydrogen (secondary N) is 1. The van der Waals surface area contributed by atoms with Gasteiger partial charge in [-0.25, -0.2) is 0 Å². The summed E-state index contributed by atoms with van der Waals surface area (Å²) in [5.74, 6) is 2.31. The molecule has 1 heterocycles. The molecular weight excluding hydrogens is 244 g/mol. The van der Waals surface area contributed by atoms with Crippen LogP contribution in [0.5, 0.6) is 0 Å². The molecule has 3 nitrogen and oxygen atoms in total. The van der Waals surface area contributed by atoms with E-state index in [1.807, 2.05) is 0 Å². The predicted octanol–water partition coefficient (Wildman–Crippen LogP) is 1.60. The number of pyridine rings is 1. The minimum absolute atomic E-state index is 0.144. The maximum atomic E-state index is 11.5. The Morgan fingerprint density at radius 2 is 2.50 bits per heavy atom. The van der Waals surface area contributed by atoms with E-state index in [0.29, 0.717) is 23.0 Å². The zero-order valence-electron chi connectivity index (χ0n) is 7.46. The average molecular weight is 253 g/mol. The number of carbonyl (C=O) groups excluding carboxylic acids is 1. The van der Waals surface area contributed by atoms with Crippen LogP contribution >= 0.6 is 15.9 Å². The van der Waals surface area contributed by atoms with Crippen molar-refractivity contribution in [3.63, 3.8) is 0 Å². The predicted molar refractivity (Wildman–Crippen MR) is 57.7 cm³/mol.